The molecule has 0 fully saturated rings. The van der Waals surface area contributed by atoms with Gasteiger partial charge in [-0.2, -0.15) is 0 Å². The minimum absolute atomic E-state index is 0.145. The summed E-state index contributed by atoms with van der Waals surface area (Å²) in [5.41, 5.74) is 4.35. The lowest BCUT2D eigenvalue weighted by Crippen LogP contribution is -2.22. The van der Waals surface area contributed by atoms with Gasteiger partial charge in [-0.25, -0.2) is 9.97 Å². The Labute approximate surface area is 193 Å². The highest BCUT2D eigenvalue weighted by Gasteiger charge is 2.31. The van der Waals surface area contributed by atoms with Gasteiger partial charge in [0.05, 0.1) is 16.6 Å². The number of fused-ring (bicyclic) bond motifs is 3. The highest BCUT2D eigenvalue weighted by atomic mass is 32.1. The highest BCUT2D eigenvalue weighted by Crippen LogP contribution is 2.42. The van der Waals surface area contributed by atoms with E-state index in [0.29, 0.717) is 33.8 Å². The second-order valence-electron chi connectivity index (χ2n) is 7.86. The van der Waals surface area contributed by atoms with Crippen LogP contribution in [0.2, 0.25) is 0 Å². The van der Waals surface area contributed by atoms with Crippen molar-refractivity contribution in [3.05, 3.63) is 106 Å². The van der Waals surface area contributed by atoms with Crippen molar-refractivity contribution in [2.75, 3.05) is 5.32 Å². The van der Waals surface area contributed by atoms with E-state index in [4.69, 9.17) is 0 Å². The lowest BCUT2D eigenvalue weighted by atomic mass is 9.83. The van der Waals surface area contributed by atoms with Crippen LogP contribution in [0.5, 0.6) is 0 Å². The van der Waals surface area contributed by atoms with Gasteiger partial charge in [-0.05, 0) is 18.6 Å². The van der Waals surface area contributed by atoms with Crippen molar-refractivity contribution in [2.24, 2.45) is 0 Å². The number of aryl methyl sites for hydroxylation is 1. The molecule has 0 saturated carbocycles. The molecule has 2 heterocycles. The Hall–Kier alpha value is -4.16. The monoisotopic (exact) mass is 447 g/mol. The van der Waals surface area contributed by atoms with Crippen LogP contribution >= 0.6 is 11.3 Å². The van der Waals surface area contributed by atoms with Crippen LogP contribution in [0.25, 0.3) is 21.3 Å². The molecule has 1 aliphatic rings. The third-order valence-electron chi connectivity index (χ3n) is 5.93. The fraction of sp³-hybridized carbons (Fsp3) is 0.0370. The Balaban J connectivity index is 1.53. The number of nitrogens with zero attached hydrogens (tertiary/aromatic N) is 2. The summed E-state index contributed by atoms with van der Waals surface area (Å²) < 4.78 is 0. The van der Waals surface area contributed by atoms with Crippen molar-refractivity contribution in [3.8, 4) is 11.1 Å². The van der Waals surface area contributed by atoms with Crippen LogP contribution in [0.4, 0.5) is 11.5 Å². The van der Waals surface area contributed by atoms with E-state index < -0.39 is 0 Å². The maximum absolute atomic E-state index is 13.4. The summed E-state index contributed by atoms with van der Waals surface area (Å²) in [4.78, 5) is 37.5. The van der Waals surface area contributed by atoms with Gasteiger partial charge >= 0.3 is 0 Å². The number of hydrogen-bond donors (Lipinski definition) is 1. The van der Waals surface area contributed by atoms with E-state index in [9.17, 15) is 9.59 Å². The Morgan fingerprint density at radius 3 is 2.21 bits per heavy atom. The minimum atomic E-state index is -0.168. The summed E-state index contributed by atoms with van der Waals surface area (Å²) in [5.74, 6) is 0.294. The molecule has 3 aromatic carbocycles. The molecule has 0 amide bonds. The van der Waals surface area contributed by atoms with Crippen molar-refractivity contribution in [3.63, 3.8) is 0 Å². The maximum atomic E-state index is 13.4. The zero-order valence-electron chi connectivity index (χ0n) is 17.6. The van der Waals surface area contributed by atoms with Crippen LogP contribution in [-0.2, 0) is 0 Å². The number of hydrogen-bond acceptors (Lipinski definition) is 6. The Bertz CT molecular complexity index is 1590. The quantitative estimate of drug-likeness (QED) is 0.350. The number of carbonyl (C=O) groups excluding carboxylic acids is 2. The number of anilines is 2. The van der Waals surface area contributed by atoms with Crippen molar-refractivity contribution in [1.29, 1.82) is 0 Å². The van der Waals surface area contributed by atoms with E-state index >= 15 is 0 Å². The maximum Gasteiger partial charge on any atom is 0.196 e. The predicted molar refractivity (Wildman–Crippen MR) is 131 cm³/mol. The topological polar surface area (TPSA) is 72.0 Å². The molecular weight excluding hydrogens is 430 g/mol. The molecule has 2 aromatic heterocycles. The smallest absolute Gasteiger partial charge is 0.196 e. The van der Waals surface area contributed by atoms with Crippen LogP contribution < -0.4 is 5.32 Å². The average Bonchev–Trinajstić information content (AvgIpc) is 3.19. The number of rotatable bonds is 3. The van der Waals surface area contributed by atoms with Gasteiger partial charge < -0.3 is 5.32 Å². The minimum Gasteiger partial charge on any atom is -0.339 e. The molecular formula is C27H17N3O2S. The van der Waals surface area contributed by atoms with Crippen molar-refractivity contribution in [1.82, 2.24) is 9.97 Å². The molecule has 0 saturated heterocycles. The number of benzene rings is 3. The Morgan fingerprint density at radius 1 is 0.727 bits per heavy atom. The zero-order chi connectivity index (χ0) is 22.5. The molecule has 0 spiro atoms. The third-order valence-corrected chi connectivity index (χ3v) is 6.95. The summed E-state index contributed by atoms with van der Waals surface area (Å²) in [6, 6.07) is 22.4. The van der Waals surface area contributed by atoms with Crippen molar-refractivity contribution < 1.29 is 9.59 Å². The first-order chi connectivity index (χ1) is 16.1. The molecule has 0 radical (unpaired) electrons. The molecule has 0 aliphatic heterocycles. The van der Waals surface area contributed by atoms with Crippen LogP contribution in [0.1, 0.15) is 36.7 Å². The van der Waals surface area contributed by atoms with E-state index in [0.717, 1.165) is 26.2 Å². The van der Waals surface area contributed by atoms with Gasteiger partial charge in [0.25, 0.3) is 0 Å². The third kappa shape index (κ3) is 2.99. The molecule has 33 heavy (non-hydrogen) atoms. The summed E-state index contributed by atoms with van der Waals surface area (Å²) in [6.07, 6.45) is 1.52. The number of aromatic nitrogens is 2. The molecule has 1 aliphatic carbocycles. The van der Waals surface area contributed by atoms with Crippen LogP contribution in [0.3, 0.4) is 0 Å². The molecule has 5 aromatic rings. The fourth-order valence-corrected chi connectivity index (χ4v) is 5.48. The first-order valence-corrected chi connectivity index (χ1v) is 11.3. The normalized spacial score (nSPS) is 12.5. The van der Waals surface area contributed by atoms with Gasteiger partial charge in [-0.1, -0.05) is 66.7 Å². The molecule has 6 rings (SSSR count). The lowest BCUT2D eigenvalue weighted by molar-refractivity contribution is 0.0979. The number of thiophene rings is 1. The van der Waals surface area contributed by atoms with Gasteiger partial charge in [-0.15, -0.1) is 11.3 Å². The molecule has 0 atom stereocenters. The molecule has 5 nitrogen and oxygen atoms in total. The summed E-state index contributed by atoms with van der Waals surface area (Å²) in [6.45, 7) is 2.07. The van der Waals surface area contributed by atoms with Gasteiger partial charge in [-0.3, -0.25) is 9.59 Å². The molecule has 0 unspecified atom stereocenters. The number of carbonyl (C=O) groups is 2. The van der Waals surface area contributed by atoms with Gasteiger partial charge in [0, 0.05) is 27.1 Å². The first-order valence-electron chi connectivity index (χ1n) is 10.5. The summed E-state index contributed by atoms with van der Waals surface area (Å²) >= 11 is 1.61. The molecule has 0 bridgehead atoms. The number of ketones is 2. The van der Waals surface area contributed by atoms with Crippen LogP contribution in [0.15, 0.2) is 79.1 Å². The second-order valence-corrected chi connectivity index (χ2v) is 9.06. The number of nitrogens with one attached hydrogen (secondary N) is 1. The lowest BCUT2D eigenvalue weighted by Gasteiger charge is -2.20. The summed E-state index contributed by atoms with van der Waals surface area (Å²) in [7, 11) is 0. The van der Waals surface area contributed by atoms with Crippen LogP contribution in [-0.4, -0.2) is 21.5 Å². The van der Waals surface area contributed by atoms with E-state index in [1.807, 2.05) is 24.3 Å². The first kappa shape index (κ1) is 19.5. The largest absolute Gasteiger partial charge is 0.339 e. The standard InChI is InChI=1S/C27H17N3O2S/c1-15-21(16-8-3-2-4-9-16)23-26(28-14-29-27(23)33-15)30-20-13-7-12-19-22(20)25(32)18-11-6-5-10-17(18)24(19)31/h2-14H,1H3,(H,28,29,30). The Morgan fingerprint density at radius 2 is 1.42 bits per heavy atom. The van der Waals surface area contributed by atoms with E-state index in [1.54, 1.807) is 47.7 Å². The van der Waals surface area contributed by atoms with E-state index in [1.165, 1.54) is 6.33 Å². The molecule has 1 N–H and O–H groups in total. The van der Waals surface area contributed by atoms with Crippen molar-refractivity contribution >= 4 is 44.6 Å². The molecule has 158 valence electrons. The van der Waals surface area contributed by atoms with Gasteiger partial charge in [0.15, 0.2) is 11.6 Å². The van der Waals surface area contributed by atoms with Crippen LogP contribution in [0, 0.1) is 6.92 Å². The zero-order valence-corrected chi connectivity index (χ0v) is 18.4. The highest BCUT2D eigenvalue weighted by molar-refractivity contribution is 7.19. The second kappa shape index (κ2) is 7.46. The van der Waals surface area contributed by atoms with Gasteiger partial charge in [0.1, 0.15) is 17.0 Å². The van der Waals surface area contributed by atoms with E-state index in [-0.39, 0.29) is 11.6 Å². The van der Waals surface area contributed by atoms with Gasteiger partial charge in [0.2, 0.25) is 0 Å². The Kier molecular flexibility index (Phi) is 4.41. The fourth-order valence-electron chi connectivity index (χ4n) is 4.47. The predicted octanol–water partition coefficient (Wildman–Crippen LogP) is 6.19. The van der Waals surface area contributed by atoms with E-state index in [2.05, 4.69) is 34.3 Å². The molecule has 6 heteroatoms. The average molecular weight is 448 g/mol. The van der Waals surface area contributed by atoms with Crippen molar-refractivity contribution in [2.45, 2.75) is 6.92 Å². The summed E-state index contributed by atoms with van der Waals surface area (Å²) in [5, 5.41) is 4.26. The SMILES string of the molecule is Cc1sc2ncnc(Nc3cccc4c3C(=O)c3ccccc3C4=O)c2c1-c1ccccc1.